The molecule has 39 heavy (non-hydrogen) atoms. The number of aliphatic hydroxyl groups is 1. The summed E-state index contributed by atoms with van der Waals surface area (Å²) in [5.41, 5.74) is 2.50. The van der Waals surface area contributed by atoms with E-state index in [0.29, 0.717) is 17.5 Å². The average molecular weight is 525 g/mol. The van der Waals surface area contributed by atoms with Crippen molar-refractivity contribution in [3.8, 4) is 0 Å². The van der Waals surface area contributed by atoms with Crippen LogP contribution in [0.25, 0.3) is 0 Å². The molecule has 4 rings (SSSR count). The number of ether oxygens (including phenoxy) is 2. The van der Waals surface area contributed by atoms with Crippen molar-refractivity contribution < 1.29 is 29.3 Å². The van der Waals surface area contributed by atoms with Gasteiger partial charge in [-0.15, -0.1) is 0 Å². The van der Waals surface area contributed by atoms with Crippen molar-refractivity contribution in [3.05, 3.63) is 143 Å². The summed E-state index contributed by atoms with van der Waals surface area (Å²) >= 11 is 0. The largest absolute Gasteiger partial charge is 0.481 e. The quantitative estimate of drug-likeness (QED) is 0.188. The van der Waals surface area contributed by atoms with Crippen LogP contribution >= 0.6 is 0 Å². The van der Waals surface area contributed by atoms with Gasteiger partial charge in [-0.1, -0.05) is 109 Å². The molecule has 0 aliphatic carbocycles. The zero-order valence-electron chi connectivity index (χ0n) is 21.8. The Morgan fingerprint density at radius 3 is 1.67 bits per heavy atom. The second-order valence-corrected chi connectivity index (χ2v) is 9.29. The monoisotopic (exact) mass is 524 g/mol. The van der Waals surface area contributed by atoms with Gasteiger partial charge in [-0.3, -0.25) is 4.79 Å². The lowest BCUT2D eigenvalue weighted by molar-refractivity contribution is -0.151. The Labute approximate surface area is 228 Å². The number of aliphatic carboxylic acids is 1. The Balaban J connectivity index is 1.65. The smallest absolute Gasteiger partial charge is 0.338 e. The van der Waals surface area contributed by atoms with Crippen LogP contribution in [0.15, 0.2) is 115 Å². The molecule has 0 heterocycles. The summed E-state index contributed by atoms with van der Waals surface area (Å²) in [5.74, 6) is -2.84. The van der Waals surface area contributed by atoms with Gasteiger partial charge in [0.1, 0.15) is 11.5 Å². The Kier molecular flexibility index (Phi) is 9.26. The molecule has 0 aliphatic rings. The Hall–Kier alpha value is -4.26. The van der Waals surface area contributed by atoms with Crippen LogP contribution in [-0.4, -0.2) is 42.0 Å². The number of methoxy groups -OCH3 is 1. The fourth-order valence-electron chi connectivity index (χ4n) is 4.88. The van der Waals surface area contributed by atoms with Crippen LogP contribution in [0.4, 0.5) is 0 Å². The molecular formula is C33H32O6. The molecule has 0 unspecified atom stereocenters. The van der Waals surface area contributed by atoms with Gasteiger partial charge in [0, 0.05) is 0 Å². The van der Waals surface area contributed by atoms with E-state index >= 15 is 0 Å². The molecule has 200 valence electrons. The lowest BCUT2D eigenvalue weighted by Gasteiger charge is -2.37. The van der Waals surface area contributed by atoms with Crippen LogP contribution < -0.4 is 0 Å². The summed E-state index contributed by atoms with van der Waals surface area (Å²) in [5, 5.41) is 21.2. The summed E-state index contributed by atoms with van der Waals surface area (Å²) in [6.07, 6.45) is -0.783. The number of hydrogen-bond acceptors (Lipinski definition) is 5. The average Bonchev–Trinajstić information content (AvgIpc) is 2.99. The molecule has 2 N–H and O–H groups in total. The third-order valence-corrected chi connectivity index (χ3v) is 6.93. The molecule has 0 bridgehead atoms. The molecule has 0 amide bonds. The van der Waals surface area contributed by atoms with E-state index in [1.807, 2.05) is 91.0 Å². The highest BCUT2D eigenvalue weighted by molar-refractivity contribution is 5.91. The summed E-state index contributed by atoms with van der Waals surface area (Å²) in [4.78, 5) is 24.5. The summed E-state index contributed by atoms with van der Waals surface area (Å²) < 4.78 is 11.5. The topological polar surface area (TPSA) is 93.1 Å². The van der Waals surface area contributed by atoms with Gasteiger partial charge >= 0.3 is 11.9 Å². The SMILES string of the molecule is COC(=O)c1ccccc1CC[C@H](O)[C@H](COC(c1ccccc1)(c1ccccc1)c1ccccc1)C(=O)O. The molecule has 6 heteroatoms. The van der Waals surface area contributed by atoms with Gasteiger partial charge in [0.2, 0.25) is 0 Å². The van der Waals surface area contributed by atoms with E-state index in [4.69, 9.17) is 9.47 Å². The van der Waals surface area contributed by atoms with Gasteiger partial charge in [0.15, 0.2) is 0 Å². The van der Waals surface area contributed by atoms with Crippen molar-refractivity contribution in [2.24, 2.45) is 5.92 Å². The van der Waals surface area contributed by atoms with Gasteiger partial charge in [-0.05, 0) is 41.2 Å². The maximum atomic E-state index is 12.4. The van der Waals surface area contributed by atoms with E-state index in [1.165, 1.54) is 7.11 Å². The zero-order valence-corrected chi connectivity index (χ0v) is 21.8. The van der Waals surface area contributed by atoms with Crippen LogP contribution in [0.1, 0.15) is 39.0 Å². The van der Waals surface area contributed by atoms with Crippen molar-refractivity contribution in [1.29, 1.82) is 0 Å². The lowest BCUT2D eigenvalue weighted by Crippen LogP contribution is -2.39. The molecule has 0 saturated heterocycles. The van der Waals surface area contributed by atoms with Crippen LogP contribution in [0.3, 0.4) is 0 Å². The summed E-state index contributed by atoms with van der Waals surface area (Å²) in [7, 11) is 1.31. The highest BCUT2D eigenvalue weighted by atomic mass is 16.5. The predicted octanol–water partition coefficient (Wildman–Crippen LogP) is 5.48. The summed E-state index contributed by atoms with van der Waals surface area (Å²) in [6, 6.07) is 35.9. The second kappa shape index (κ2) is 13.0. The van der Waals surface area contributed by atoms with Gasteiger partial charge in [0.05, 0.1) is 25.4 Å². The minimum atomic E-state index is -1.21. The minimum Gasteiger partial charge on any atom is -0.481 e. The molecule has 4 aromatic carbocycles. The number of benzene rings is 4. The standard InChI is InChI=1S/C33H32O6/c1-38-32(37)28-20-12-11-13-24(28)21-22-30(34)29(31(35)36)23-39-33(25-14-5-2-6-15-25,26-16-7-3-8-17-26)27-18-9-4-10-19-27/h2-20,29-30,34H,21-23H2,1H3,(H,35,36)/t29-,30-/m0/s1. The van der Waals surface area contributed by atoms with Gasteiger partial charge in [-0.25, -0.2) is 4.79 Å². The number of carbonyl (C=O) groups excluding carboxylic acids is 1. The van der Waals surface area contributed by atoms with Crippen LogP contribution in [0.5, 0.6) is 0 Å². The first-order valence-corrected chi connectivity index (χ1v) is 12.8. The van der Waals surface area contributed by atoms with Crippen LogP contribution in [0, 0.1) is 5.92 Å². The second-order valence-electron chi connectivity index (χ2n) is 9.29. The fraction of sp³-hybridized carbons (Fsp3) is 0.212. The Morgan fingerprint density at radius 1 is 0.744 bits per heavy atom. The maximum Gasteiger partial charge on any atom is 0.338 e. The van der Waals surface area contributed by atoms with E-state index in [-0.39, 0.29) is 13.0 Å². The number of hydrogen-bond donors (Lipinski definition) is 2. The van der Waals surface area contributed by atoms with E-state index in [9.17, 15) is 19.8 Å². The number of carboxylic acid groups (broad SMARTS) is 1. The van der Waals surface area contributed by atoms with Crippen molar-refractivity contribution in [3.63, 3.8) is 0 Å². The van der Waals surface area contributed by atoms with E-state index in [2.05, 4.69) is 0 Å². The van der Waals surface area contributed by atoms with Crippen molar-refractivity contribution >= 4 is 11.9 Å². The Morgan fingerprint density at radius 2 is 1.21 bits per heavy atom. The third-order valence-electron chi connectivity index (χ3n) is 6.93. The fourth-order valence-corrected chi connectivity index (χ4v) is 4.88. The van der Waals surface area contributed by atoms with Crippen LogP contribution in [0.2, 0.25) is 0 Å². The molecule has 4 aromatic rings. The van der Waals surface area contributed by atoms with Crippen LogP contribution in [-0.2, 0) is 26.3 Å². The highest BCUT2D eigenvalue weighted by Gasteiger charge is 2.40. The van der Waals surface area contributed by atoms with Crippen molar-refractivity contribution in [2.45, 2.75) is 24.5 Å². The first-order valence-electron chi connectivity index (χ1n) is 12.8. The number of carboxylic acids is 1. The van der Waals surface area contributed by atoms with Crippen molar-refractivity contribution in [1.82, 2.24) is 0 Å². The predicted molar refractivity (Wildman–Crippen MR) is 148 cm³/mol. The molecule has 2 atom stereocenters. The summed E-state index contributed by atoms with van der Waals surface area (Å²) in [6.45, 7) is -0.242. The lowest BCUT2D eigenvalue weighted by atomic mass is 9.80. The molecule has 0 fully saturated rings. The molecule has 0 spiro atoms. The highest BCUT2D eigenvalue weighted by Crippen LogP contribution is 2.41. The third kappa shape index (κ3) is 6.25. The number of carbonyl (C=O) groups is 2. The van der Waals surface area contributed by atoms with Crippen molar-refractivity contribution in [2.75, 3.05) is 13.7 Å². The molecule has 0 aromatic heterocycles. The first kappa shape index (κ1) is 27.8. The van der Waals surface area contributed by atoms with Gasteiger partial charge in [-0.2, -0.15) is 0 Å². The molecular weight excluding hydrogens is 492 g/mol. The molecule has 0 aliphatic heterocycles. The number of rotatable bonds is 12. The number of esters is 1. The normalized spacial score (nSPS) is 12.9. The van der Waals surface area contributed by atoms with Gasteiger partial charge < -0.3 is 19.7 Å². The van der Waals surface area contributed by atoms with E-state index in [1.54, 1.807) is 24.3 Å². The zero-order chi connectivity index (χ0) is 27.7. The molecule has 0 saturated carbocycles. The maximum absolute atomic E-state index is 12.4. The molecule has 0 radical (unpaired) electrons. The van der Waals surface area contributed by atoms with Gasteiger partial charge in [0.25, 0.3) is 0 Å². The number of aryl methyl sites for hydroxylation is 1. The number of aliphatic hydroxyl groups excluding tert-OH is 1. The van der Waals surface area contributed by atoms with E-state index in [0.717, 1.165) is 16.7 Å². The van der Waals surface area contributed by atoms with E-state index < -0.39 is 29.6 Å². The first-order chi connectivity index (χ1) is 19.0. The Bertz CT molecular complexity index is 1260. The minimum absolute atomic E-state index is 0.128. The molecule has 6 nitrogen and oxygen atoms in total.